The molecular formula is C12H9N3O2. The van der Waals surface area contributed by atoms with Crippen LogP contribution in [0.4, 0.5) is 4.79 Å². The van der Waals surface area contributed by atoms with E-state index in [9.17, 15) is 4.79 Å². The molecule has 2 heterocycles. The van der Waals surface area contributed by atoms with Gasteiger partial charge in [0.05, 0.1) is 0 Å². The lowest BCUT2D eigenvalue weighted by atomic mass is 10.2. The maximum absolute atomic E-state index is 10.8. The maximum Gasteiger partial charge on any atom is 0.411 e. The minimum atomic E-state index is -0.872. The summed E-state index contributed by atoms with van der Waals surface area (Å²) >= 11 is 0. The highest BCUT2D eigenvalue weighted by molar-refractivity contribution is 6.08. The number of nitrogens with zero attached hydrogens (tertiary/aromatic N) is 1. The molecule has 3 rings (SSSR count). The number of rotatable bonds is 1. The number of benzene rings is 1. The maximum atomic E-state index is 10.8. The highest BCUT2D eigenvalue weighted by Crippen LogP contribution is 2.29. The molecule has 0 fully saturated rings. The molecule has 1 aromatic carbocycles. The number of hydrogen-bond donors (Lipinski definition) is 2. The fourth-order valence-electron chi connectivity index (χ4n) is 1.92. The van der Waals surface area contributed by atoms with Crippen LogP contribution in [0.25, 0.3) is 21.8 Å². The van der Waals surface area contributed by atoms with Gasteiger partial charge in [-0.2, -0.15) is 0 Å². The van der Waals surface area contributed by atoms with Gasteiger partial charge in [-0.25, -0.2) is 9.78 Å². The van der Waals surface area contributed by atoms with Crippen LogP contribution in [-0.2, 0) is 0 Å². The second kappa shape index (κ2) is 3.48. The van der Waals surface area contributed by atoms with Crippen molar-refractivity contribution in [1.29, 1.82) is 0 Å². The van der Waals surface area contributed by atoms with Crippen molar-refractivity contribution in [2.45, 2.75) is 0 Å². The first kappa shape index (κ1) is 9.65. The molecule has 0 aliphatic heterocycles. The predicted molar refractivity (Wildman–Crippen MR) is 63.8 cm³/mol. The normalized spacial score (nSPS) is 10.8. The topological polar surface area (TPSA) is 81.0 Å². The van der Waals surface area contributed by atoms with Gasteiger partial charge in [-0.3, -0.25) is 0 Å². The lowest BCUT2D eigenvalue weighted by molar-refractivity contribution is 0.209. The highest BCUT2D eigenvalue weighted by atomic mass is 16.6. The molecule has 0 unspecified atom stereocenters. The third-order valence-electron chi connectivity index (χ3n) is 2.59. The van der Waals surface area contributed by atoms with Gasteiger partial charge in [0.2, 0.25) is 5.88 Å². The summed E-state index contributed by atoms with van der Waals surface area (Å²) in [5, 5.41) is 2.01. The summed E-state index contributed by atoms with van der Waals surface area (Å²) in [6.45, 7) is 0. The van der Waals surface area contributed by atoms with E-state index in [-0.39, 0.29) is 5.88 Å². The van der Waals surface area contributed by atoms with Crippen molar-refractivity contribution in [3.8, 4) is 5.88 Å². The van der Waals surface area contributed by atoms with Gasteiger partial charge in [-0.05, 0) is 12.1 Å². The van der Waals surface area contributed by atoms with Gasteiger partial charge >= 0.3 is 6.09 Å². The number of hydrogen-bond acceptors (Lipinski definition) is 3. The molecule has 0 bridgehead atoms. The average molecular weight is 227 g/mol. The molecule has 0 aliphatic rings. The van der Waals surface area contributed by atoms with Crippen LogP contribution in [0.3, 0.4) is 0 Å². The number of amides is 1. The van der Waals surface area contributed by atoms with Gasteiger partial charge in [-0.15, -0.1) is 0 Å². The van der Waals surface area contributed by atoms with Gasteiger partial charge in [0, 0.05) is 22.5 Å². The monoisotopic (exact) mass is 227 g/mol. The number of pyridine rings is 1. The summed E-state index contributed by atoms with van der Waals surface area (Å²) in [4.78, 5) is 17.9. The van der Waals surface area contributed by atoms with Crippen LogP contribution in [0, 0.1) is 0 Å². The Morgan fingerprint density at radius 3 is 2.88 bits per heavy atom. The smallest absolute Gasteiger partial charge is 0.389 e. The lowest BCUT2D eigenvalue weighted by Crippen LogP contribution is -2.17. The Morgan fingerprint density at radius 1 is 1.24 bits per heavy atom. The third-order valence-corrected chi connectivity index (χ3v) is 2.59. The van der Waals surface area contributed by atoms with Crippen molar-refractivity contribution in [2.75, 3.05) is 0 Å². The summed E-state index contributed by atoms with van der Waals surface area (Å²) in [5.41, 5.74) is 6.63. The standard InChI is InChI=1S/C12H9N3O2/c13-12(16)17-11-10-8(5-6-14-11)7-3-1-2-4-9(7)15-10/h1-6,15H,(H2,13,16). The van der Waals surface area contributed by atoms with Crippen molar-refractivity contribution in [3.63, 3.8) is 0 Å². The minimum Gasteiger partial charge on any atom is -0.389 e. The van der Waals surface area contributed by atoms with Crippen LogP contribution >= 0.6 is 0 Å². The quantitative estimate of drug-likeness (QED) is 0.668. The molecule has 5 nitrogen and oxygen atoms in total. The Labute approximate surface area is 96.2 Å². The Balaban J connectivity index is 2.35. The molecule has 0 saturated carbocycles. The van der Waals surface area contributed by atoms with Crippen molar-refractivity contribution in [3.05, 3.63) is 36.5 Å². The first-order valence-corrected chi connectivity index (χ1v) is 5.08. The SMILES string of the molecule is NC(=O)Oc1nccc2c1[nH]c1ccccc12. The number of para-hydroxylation sites is 1. The molecule has 0 saturated heterocycles. The van der Waals surface area contributed by atoms with E-state index in [1.165, 1.54) is 0 Å². The number of carbonyl (C=O) groups is 1. The second-order valence-electron chi connectivity index (χ2n) is 3.63. The summed E-state index contributed by atoms with van der Waals surface area (Å²) in [7, 11) is 0. The number of fused-ring (bicyclic) bond motifs is 3. The van der Waals surface area contributed by atoms with E-state index in [0.717, 1.165) is 16.3 Å². The van der Waals surface area contributed by atoms with Crippen molar-refractivity contribution >= 4 is 27.9 Å². The Morgan fingerprint density at radius 2 is 2.06 bits per heavy atom. The van der Waals surface area contributed by atoms with E-state index in [0.29, 0.717) is 5.52 Å². The molecule has 0 spiro atoms. The van der Waals surface area contributed by atoms with Crippen LogP contribution in [0.5, 0.6) is 5.88 Å². The molecule has 2 aromatic heterocycles. The number of carbonyl (C=O) groups excluding carboxylic acids is 1. The fourth-order valence-corrected chi connectivity index (χ4v) is 1.92. The summed E-state index contributed by atoms with van der Waals surface area (Å²) in [6, 6.07) is 9.68. The zero-order chi connectivity index (χ0) is 11.8. The molecule has 17 heavy (non-hydrogen) atoms. The number of aromatic amines is 1. The molecule has 0 atom stereocenters. The van der Waals surface area contributed by atoms with Gasteiger partial charge in [0.1, 0.15) is 5.52 Å². The van der Waals surface area contributed by atoms with E-state index in [4.69, 9.17) is 10.5 Å². The number of ether oxygens (including phenoxy) is 1. The Kier molecular flexibility index (Phi) is 1.98. The summed E-state index contributed by atoms with van der Waals surface area (Å²) in [6.07, 6.45) is 0.713. The number of primary amides is 1. The van der Waals surface area contributed by atoms with Gasteiger partial charge in [0.15, 0.2) is 0 Å². The molecule has 1 amide bonds. The van der Waals surface area contributed by atoms with E-state index in [1.54, 1.807) is 6.20 Å². The van der Waals surface area contributed by atoms with Crippen LogP contribution in [0.15, 0.2) is 36.5 Å². The molecule has 0 aliphatic carbocycles. The van der Waals surface area contributed by atoms with Gasteiger partial charge in [0.25, 0.3) is 0 Å². The Bertz CT molecular complexity index is 718. The first-order valence-electron chi connectivity index (χ1n) is 5.08. The second-order valence-corrected chi connectivity index (χ2v) is 3.63. The Hall–Kier alpha value is -2.56. The molecule has 3 aromatic rings. The molecule has 3 N–H and O–H groups in total. The van der Waals surface area contributed by atoms with Crippen molar-refractivity contribution in [2.24, 2.45) is 5.73 Å². The number of nitrogens with two attached hydrogens (primary N) is 1. The van der Waals surface area contributed by atoms with Crippen LogP contribution in [-0.4, -0.2) is 16.1 Å². The van der Waals surface area contributed by atoms with E-state index < -0.39 is 6.09 Å². The first-order chi connectivity index (χ1) is 8.25. The largest absolute Gasteiger partial charge is 0.411 e. The molecule has 84 valence electrons. The van der Waals surface area contributed by atoms with Crippen LogP contribution in [0.1, 0.15) is 0 Å². The van der Waals surface area contributed by atoms with Crippen LogP contribution in [0.2, 0.25) is 0 Å². The average Bonchev–Trinajstić information content (AvgIpc) is 2.68. The summed E-state index contributed by atoms with van der Waals surface area (Å²) in [5.74, 6) is 0.200. The van der Waals surface area contributed by atoms with Crippen molar-refractivity contribution in [1.82, 2.24) is 9.97 Å². The lowest BCUT2D eigenvalue weighted by Gasteiger charge is -1.99. The zero-order valence-corrected chi connectivity index (χ0v) is 8.81. The van der Waals surface area contributed by atoms with Gasteiger partial charge < -0.3 is 15.5 Å². The number of H-pyrrole nitrogens is 1. The van der Waals surface area contributed by atoms with E-state index >= 15 is 0 Å². The predicted octanol–water partition coefficient (Wildman–Crippen LogP) is 2.17. The van der Waals surface area contributed by atoms with E-state index in [1.807, 2.05) is 30.3 Å². The molecule has 0 radical (unpaired) electrons. The third kappa shape index (κ3) is 1.48. The molecule has 5 heteroatoms. The van der Waals surface area contributed by atoms with Gasteiger partial charge in [-0.1, -0.05) is 18.2 Å². The minimum absolute atomic E-state index is 0.200. The van der Waals surface area contributed by atoms with E-state index in [2.05, 4.69) is 9.97 Å². The zero-order valence-electron chi connectivity index (χ0n) is 8.81. The van der Waals surface area contributed by atoms with Crippen molar-refractivity contribution < 1.29 is 9.53 Å². The molecular weight excluding hydrogens is 218 g/mol. The highest BCUT2D eigenvalue weighted by Gasteiger charge is 2.11. The number of nitrogens with one attached hydrogen (secondary N) is 1. The summed E-state index contributed by atoms with van der Waals surface area (Å²) < 4.78 is 4.85. The fraction of sp³-hybridized carbons (Fsp3) is 0. The number of aromatic nitrogens is 2. The van der Waals surface area contributed by atoms with Crippen LogP contribution < -0.4 is 10.5 Å².